The fourth-order valence-electron chi connectivity index (χ4n) is 5.13. The lowest BCUT2D eigenvalue weighted by atomic mass is 10.1. The molecule has 2 aromatic rings. The Morgan fingerprint density at radius 2 is 1.63 bits per heavy atom. The summed E-state index contributed by atoms with van der Waals surface area (Å²) >= 11 is 0. The summed E-state index contributed by atoms with van der Waals surface area (Å²) in [4.78, 5) is 6.17. The van der Waals surface area contributed by atoms with Crippen LogP contribution in [0.25, 0.3) is 0 Å². The van der Waals surface area contributed by atoms with Crippen LogP contribution in [0.2, 0.25) is 0 Å². The summed E-state index contributed by atoms with van der Waals surface area (Å²) in [6, 6.07) is 8.90. The molecule has 2 saturated heterocycles. The molecule has 0 aromatic heterocycles. The van der Waals surface area contributed by atoms with Crippen molar-refractivity contribution in [2.75, 3.05) is 71.7 Å². The van der Waals surface area contributed by atoms with Crippen LogP contribution < -0.4 is 24.1 Å². The number of halogens is 3. The summed E-state index contributed by atoms with van der Waals surface area (Å²) in [6.45, 7) is 5.66. The van der Waals surface area contributed by atoms with Crippen molar-refractivity contribution in [2.45, 2.75) is 25.7 Å². The van der Waals surface area contributed by atoms with Gasteiger partial charge in [0.05, 0.1) is 29.6 Å². The van der Waals surface area contributed by atoms with Crippen LogP contribution in [0.3, 0.4) is 0 Å². The number of piperazine rings is 2. The van der Waals surface area contributed by atoms with Crippen LogP contribution in [0.15, 0.2) is 36.4 Å². The molecule has 227 valence electrons. The van der Waals surface area contributed by atoms with Gasteiger partial charge in [-0.1, -0.05) is 6.07 Å². The quantitative estimate of drug-likeness (QED) is 0.377. The summed E-state index contributed by atoms with van der Waals surface area (Å²) in [5, 5.41) is 4.76. The Morgan fingerprint density at radius 1 is 0.976 bits per heavy atom. The Hall–Kier alpha value is -2.83. The number of hydrogen-bond donors (Lipinski definition) is 3. The third kappa shape index (κ3) is 8.14. The largest absolute Gasteiger partial charge is 0.393 e. The van der Waals surface area contributed by atoms with Gasteiger partial charge in [-0.15, -0.1) is 0 Å². The van der Waals surface area contributed by atoms with Crippen molar-refractivity contribution >= 4 is 43.4 Å². The third-order valence-corrected chi connectivity index (χ3v) is 8.49. The Labute approximate surface area is 237 Å². The average molecular weight is 622 g/mol. The second-order valence-corrected chi connectivity index (χ2v) is 12.6. The van der Waals surface area contributed by atoms with Crippen molar-refractivity contribution < 1.29 is 39.1 Å². The summed E-state index contributed by atoms with van der Waals surface area (Å²) in [5.74, 6) is 0. The maximum absolute atomic E-state index is 12.9. The van der Waals surface area contributed by atoms with Gasteiger partial charge in [-0.3, -0.25) is 23.0 Å². The predicted molar refractivity (Wildman–Crippen MR) is 149 cm³/mol. The molecular weight excluding hydrogens is 589 g/mol. The van der Waals surface area contributed by atoms with E-state index in [1.165, 1.54) is 19.2 Å². The second-order valence-electron chi connectivity index (χ2n) is 9.99. The molecule has 0 amide bonds. The van der Waals surface area contributed by atoms with Crippen molar-refractivity contribution in [2.24, 2.45) is 0 Å². The number of nitrogens with zero attached hydrogens (tertiary/aromatic N) is 5. The summed E-state index contributed by atoms with van der Waals surface area (Å²) < 4.78 is 106. The maximum Gasteiger partial charge on any atom is 0.393 e. The van der Waals surface area contributed by atoms with E-state index in [0.29, 0.717) is 57.2 Å². The van der Waals surface area contributed by atoms with Crippen LogP contribution in [-0.2, 0) is 27.0 Å². The van der Waals surface area contributed by atoms with Gasteiger partial charge in [-0.25, -0.2) is 5.32 Å². The number of nitrogens with one attached hydrogen (secondary N) is 1. The van der Waals surface area contributed by atoms with Crippen LogP contribution in [0, 0.1) is 6.92 Å². The number of aryl methyl sites for hydroxylation is 1. The molecule has 3 N–H and O–H groups in total. The molecule has 2 aliphatic rings. The van der Waals surface area contributed by atoms with Gasteiger partial charge < -0.3 is 9.80 Å². The normalized spacial score (nSPS) is 19.3. The van der Waals surface area contributed by atoms with Crippen molar-refractivity contribution in [3.63, 3.8) is 0 Å². The second kappa shape index (κ2) is 11.8. The molecule has 0 bridgehead atoms. The van der Waals surface area contributed by atoms with E-state index in [0.717, 1.165) is 21.6 Å². The number of rotatable bonds is 8. The number of anilines is 4. The van der Waals surface area contributed by atoms with Crippen molar-refractivity contribution in [1.82, 2.24) is 10.2 Å². The summed E-state index contributed by atoms with van der Waals surface area (Å²) in [5.41, 5.74) is 2.17. The first kappa shape index (κ1) is 31.1. The molecule has 0 aliphatic carbocycles. The van der Waals surface area contributed by atoms with Gasteiger partial charge in [-0.2, -0.15) is 30.0 Å². The van der Waals surface area contributed by atoms with Crippen molar-refractivity contribution in [1.29, 1.82) is 0 Å². The highest BCUT2D eigenvalue weighted by atomic mass is 32.2. The average Bonchev–Trinajstić information content (AvgIpc) is 2.86. The van der Waals surface area contributed by atoms with Crippen LogP contribution in [0.4, 0.5) is 35.9 Å². The fraction of sp³-hybridized carbons (Fsp3) is 0.500. The predicted octanol–water partition coefficient (Wildman–Crippen LogP) is 2.13. The Bertz CT molecular complexity index is 1470. The highest BCUT2D eigenvalue weighted by Gasteiger charge is 2.32. The van der Waals surface area contributed by atoms with Gasteiger partial charge in [0.25, 0.3) is 0 Å². The summed E-state index contributed by atoms with van der Waals surface area (Å²) in [7, 11) is -7.83. The van der Waals surface area contributed by atoms with Crippen LogP contribution in [0.5, 0.6) is 0 Å². The Balaban J connectivity index is 1.43. The van der Waals surface area contributed by atoms with Gasteiger partial charge in [0, 0.05) is 58.5 Å². The van der Waals surface area contributed by atoms with Gasteiger partial charge in [0.1, 0.15) is 0 Å². The third-order valence-electron chi connectivity index (χ3n) is 7.11. The molecule has 4 rings (SSSR count). The standard InChI is InChI=1S/C24H32F3N6O6S2/c1-17-13-19(30(2)41(37,38)39)4-6-21(17)33-8-7-28-23(16-33)32-11-9-31(10-12-32)22-5-3-18(15-24(25,26)27)14-20(22)29-40(34,35)36/h3-6,13-14,23,29H,7-12,15-16H2,1-2H3,(H,34,35,36)(H,37,38,39). The van der Waals surface area contributed by atoms with Gasteiger partial charge >= 0.3 is 26.8 Å². The van der Waals surface area contributed by atoms with E-state index in [4.69, 9.17) is 5.32 Å². The Morgan fingerprint density at radius 3 is 2.22 bits per heavy atom. The monoisotopic (exact) mass is 621 g/mol. The van der Waals surface area contributed by atoms with E-state index < -0.39 is 33.2 Å². The van der Waals surface area contributed by atoms with Crippen LogP contribution in [-0.4, -0.2) is 96.0 Å². The molecule has 0 spiro atoms. The van der Waals surface area contributed by atoms with Crippen molar-refractivity contribution in [3.05, 3.63) is 47.5 Å². The van der Waals surface area contributed by atoms with E-state index in [-0.39, 0.29) is 17.4 Å². The van der Waals surface area contributed by atoms with E-state index in [1.54, 1.807) is 18.2 Å². The SMILES string of the molecule is Cc1cc(N(C)S(=O)(=O)O)ccc1N1CC[N]C(N2CCN(c3ccc(CC(F)(F)F)cc3NS(=O)(=O)O)CC2)C1. The van der Waals surface area contributed by atoms with Crippen molar-refractivity contribution in [3.8, 4) is 0 Å². The molecule has 1 unspecified atom stereocenters. The van der Waals surface area contributed by atoms with Gasteiger partial charge in [-0.05, 0) is 48.4 Å². The lowest BCUT2D eigenvalue weighted by Gasteiger charge is -2.44. The topological polar surface area (TPSA) is 148 Å². The Kier molecular flexibility index (Phi) is 8.96. The van der Waals surface area contributed by atoms with E-state index in [1.807, 2.05) is 16.5 Å². The molecule has 2 heterocycles. The molecule has 17 heteroatoms. The smallest absolute Gasteiger partial charge is 0.367 e. The molecule has 12 nitrogen and oxygen atoms in total. The first-order valence-corrected chi connectivity index (χ1v) is 15.5. The van der Waals surface area contributed by atoms with Gasteiger partial charge in [0.2, 0.25) is 0 Å². The maximum atomic E-state index is 12.9. The van der Waals surface area contributed by atoms with E-state index in [9.17, 15) is 39.1 Å². The zero-order valence-electron chi connectivity index (χ0n) is 22.4. The lowest BCUT2D eigenvalue weighted by molar-refractivity contribution is -0.127. The zero-order valence-corrected chi connectivity index (χ0v) is 24.0. The van der Waals surface area contributed by atoms with E-state index >= 15 is 0 Å². The van der Waals surface area contributed by atoms with Crippen LogP contribution in [0.1, 0.15) is 11.1 Å². The molecular formula is C24H32F3N6O6S2. The van der Waals surface area contributed by atoms with Crippen LogP contribution >= 0.6 is 0 Å². The van der Waals surface area contributed by atoms with E-state index in [2.05, 4.69) is 9.80 Å². The minimum absolute atomic E-state index is 0.130. The molecule has 2 aliphatic heterocycles. The molecule has 2 fully saturated rings. The first-order chi connectivity index (χ1) is 19.0. The number of benzene rings is 2. The summed E-state index contributed by atoms with van der Waals surface area (Å²) in [6.07, 6.45) is -5.85. The zero-order chi connectivity index (χ0) is 30.2. The fourth-order valence-corrected chi connectivity index (χ4v) is 5.95. The number of hydrogen-bond acceptors (Lipinski definition) is 7. The highest BCUT2D eigenvalue weighted by molar-refractivity contribution is 7.87. The molecule has 2 aromatic carbocycles. The highest BCUT2D eigenvalue weighted by Crippen LogP contribution is 2.32. The molecule has 0 saturated carbocycles. The molecule has 41 heavy (non-hydrogen) atoms. The minimum atomic E-state index is -4.71. The first-order valence-electron chi connectivity index (χ1n) is 12.7. The molecule has 1 radical (unpaired) electrons. The minimum Gasteiger partial charge on any atom is -0.367 e. The van der Waals surface area contributed by atoms with Gasteiger partial charge in [0.15, 0.2) is 0 Å². The molecule has 1 atom stereocenters. The lowest BCUT2D eigenvalue weighted by Crippen LogP contribution is -2.60. The number of alkyl halides is 3.